The predicted molar refractivity (Wildman–Crippen MR) is 118 cm³/mol. The maximum Gasteiger partial charge on any atom is 0.327 e. The Morgan fingerprint density at radius 3 is 2.47 bits per heavy atom. The van der Waals surface area contributed by atoms with Crippen LogP contribution >= 0.6 is 23.4 Å². The highest BCUT2D eigenvalue weighted by atomic mass is 35.5. The fourth-order valence-corrected chi connectivity index (χ4v) is 4.27. The van der Waals surface area contributed by atoms with Crippen molar-refractivity contribution in [2.75, 3.05) is 31.7 Å². The van der Waals surface area contributed by atoms with Gasteiger partial charge < -0.3 is 14.7 Å². The number of imide groups is 1. The molecule has 0 bridgehead atoms. The number of thioether (sulfide) groups is 1. The highest BCUT2D eigenvalue weighted by Crippen LogP contribution is 2.26. The van der Waals surface area contributed by atoms with Crippen molar-refractivity contribution in [2.24, 2.45) is 5.92 Å². The summed E-state index contributed by atoms with van der Waals surface area (Å²) in [6.07, 6.45) is 1.70. The minimum absolute atomic E-state index is 0.239. The smallest absolute Gasteiger partial charge is 0.327 e. The van der Waals surface area contributed by atoms with Gasteiger partial charge in [0.15, 0.2) is 0 Å². The largest absolute Gasteiger partial charge is 0.494 e. The molecule has 1 unspecified atom stereocenters. The zero-order valence-electron chi connectivity index (χ0n) is 17.6. The van der Waals surface area contributed by atoms with E-state index in [1.807, 2.05) is 12.1 Å². The lowest BCUT2D eigenvalue weighted by Gasteiger charge is -2.22. The van der Waals surface area contributed by atoms with E-state index in [1.54, 1.807) is 44.8 Å². The van der Waals surface area contributed by atoms with Gasteiger partial charge >= 0.3 is 12.0 Å². The molecule has 0 saturated carbocycles. The van der Waals surface area contributed by atoms with Gasteiger partial charge in [-0.3, -0.25) is 14.5 Å². The molecular weight excluding hydrogens is 428 g/mol. The normalized spacial score (nSPS) is 16.8. The zero-order valence-corrected chi connectivity index (χ0v) is 19.2. The molecule has 1 aromatic rings. The summed E-state index contributed by atoms with van der Waals surface area (Å²) >= 11 is 7.40. The molecule has 166 valence electrons. The number of ether oxygens (including phenoxy) is 1. The van der Waals surface area contributed by atoms with Crippen LogP contribution in [0.1, 0.15) is 33.1 Å². The van der Waals surface area contributed by atoms with Crippen molar-refractivity contribution in [2.45, 2.75) is 38.6 Å². The summed E-state index contributed by atoms with van der Waals surface area (Å²) < 4.78 is 5.62. The molecule has 0 aliphatic carbocycles. The average Bonchev–Trinajstić information content (AvgIpc) is 2.84. The Bertz CT molecular complexity index is 756. The second kappa shape index (κ2) is 10.9. The molecule has 3 amide bonds. The number of carboxylic acid groups (broad SMARTS) is 1. The lowest BCUT2D eigenvalue weighted by Crippen LogP contribution is -2.41. The first kappa shape index (κ1) is 24.3. The van der Waals surface area contributed by atoms with Gasteiger partial charge in [-0.25, -0.2) is 4.79 Å². The van der Waals surface area contributed by atoms with Crippen LogP contribution in [0.15, 0.2) is 24.3 Å². The van der Waals surface area contributed by atoms with Crippen molar-refractivity contribution in [3.8, 4) is 5.75 Å². The van der Waals surface area contributed by atoms with Crippen LogP contribution < -0.4 is 4.74 Å². The number of amides is 3. The molecular formula is C21H29ClN2O5S. The van der Waals surface area contributed by atoms with E-state index in [9.17, 15) is 19.5 Å². The Kier molecular flexibility index (Phi) is 8.85. The van der Waals surface area contributed by atoms with Gasteiger partial charge in [0.2, 0.25) is 0 Å². The van der Waals surface area contributed by atoms with Gasteiger partial charge in [-0.1, -0.05) is 11.6 Å². The van der Waals surface area contributed by atoms with Gasteiger partial charge in [-0.05, 0) is 63.1 Å². The van der Waals surface area contributed by atoms with Crippen molar-refractivity contribution in [1.82, 2.24) is 9.80 Å². The van der Waals surface area contributed by atoms with Crippen molar-refractivity contribution in [3.05, 3.63) is 29.3 Å². The number of aliphatic carboxylic acids is 1. The highest BCUT2D eigenvalue weighted by Gasteiger charge is 2.48. The van der Waals surface area contributed by atoms with Crippen LogP contribution in [0.4, 0.5) is 4.79 Å². The fourth-order valence-electron chi connectivity index (χ4n) is 3.06. The van der Waals surface area contributed by atoms with Gasteiger partial charge in [0.25, 0.3) is 5.91 Å². The van der Waals surface area contributed by atoms with Crippen LogP contribution in [0, 0.1) is 5.92 Å². The second-order valence-electron chi connectivity index (χ2n) is 7.77. The van der Waals surface area contributed by atoms with Gasteiger partial charge in [-0.15, -0.1) is 0 Å². The number of nitrogens with zero attached hydrogens (tertiary/aromatic N) is 2. The first-order valence-electron chi connectivity index (χ1n) is 9.93. The number of hydrogen-bond donors (Lipinski definition) is 1. The van der Waals surface area contributed by atoms with E-state index in [0.717, 1.165) is 17.9 Å². The number of carbonyl (C=O) groups is 3. The van der Waals surface area contributed by atoms with Crippen molar-refractivity contribution in [1.29, 1.82) is 0 Å². The van der Waals surface area contributed by atoms with Crippen molar-refractivity contribution >= 4 is 41.3 Å². The summed E-state index contributed by atoms with van der Waals surface area (Å²) in [7, 11) is 1.60. The zero-order chi connectivity index (χ0) is 22.3. The third-order valence-electron chi connectivity index (χ3n) is 5.24. The monoisotopic (exact) mass is 456 g/mol. The van der Waals surface area contributed by atoms with E-state index in [2.05, 4.69) is 0 Å². The first-order valence-corrected chi connectivity index (χ1v) is 11.5. The highest BCUT2D eigenvalue weighted by molar-refractivity contribution is 7.99. The van der Waals surface area contributed by atoms with Crippen LogP contribution in [-0.2, 0) is 9.59 Å². The molecule has 7 nitrogen and oxygen atoms in total. The Morgan fingerprint density at radius 1 is 1.23 bits per heavy atom. The topological polar surface area (TPSA) is 87.2 Å². The molecule has 9 heteroatoms. The molecule has 1 aromatic carbocycles. The fraction of sp³-hybridized carbons (Fsp3) is 0.571. The molecule has 1 saturated heterocycles. The molecule has 30 heavy (non-hydrogen) atoms. The maximum absolute atomic E-state index is 12.4. The summed E-state index contributed by atoms with van der Waals surface area (Å²) in [5, 5.41) is 10.1. The van der Waals surface area contributed by atoms with Gasteiger partial charge in [0, 0.05) is 24.4 Å². The molecule has 1 N–H and O–H groups in total. The van der Waals surface area contributed by atoms with E-state index >= 15 is 0 Å². The first-order chi connectivity index (χ1) is 14.1. The van der Waals surface area contributed by atoms with Gasteiger partial charge in [-0.2, -0.15) is 11.8 Å². The summed E-state index contributed by atoms with van der Waals surface area (Å²) in [6, 6.07) is 6.83. The molecule has 1 aliphatic heterocycles. The van der Waals surface area contributed by atoms with E-state index in [4.69, 9.17) is 16.3 Å². The summed E-state index contributed by atoms with van der Waals surface area (Å²) in [6.45, 7) is 4.21. The predicted octanol–water partition coefficient (Wildman–Crippen LogP) is 4.00. The van der Waals surface area contributed by atoms with Crippen molar-refractivity contribution < 1.29 is 24.2 Å². The van der Waals surface area contributed by atoms with Crippen LogP contribution in [0.25, 0.3) is 0 Å². The Labute approximate surface area is 186 Å². The standard InChI is InChI=1S/C21H29ClN2O5S/c1-21(2)19(27)24(20(28)23(21)3)11-4-6-15(18(25)26)14-30-13-5-12-29-17-9-7-16(22)8-10-17/h7-10,15H,4-6,11-14H2,1-3H3,(H,25,26). The molecule has 1 atom stereocenters. The number of rotatable bonds is 12. The van der Waals surface area contributed by atoms with E-state index in [0.29, 0.717) is 30.2 Å². The minimum atomic E-state index is -0.854. The van der Waals surface area contributed by atoms with Crippen LogP contribution in [0.5, 0.6) is 5.75 Å². The number of carboxylic acids is 1. The lowest BCUT2D eigenvalue weighted by molar-refractivity contribution is -0.141. The van der Waals surface area contributed by atoms with Crippen LogP contribution in [0.2, 0.25) is 5.02 Å². The Balaban J connectivity index is 1.66. The summed E-state index contributed by atoms with van der Waals surface area (Å²) in [4.78, 5) is 38.8. The third-order valence-corrected chi connectivity index (χ3v) is 6.71. The second-order valence-corrected chi connectivity index (χ2v) is 9.35. The summed E-state index contributed by atoms with van der Waals surface area (Å²) in [5.41, 5.74) is -0.854. The molecule has 1 heterocycles. The van der Waals surface area contributed by atoms with Crippen LogP contribution in [0.3, 0.4) is 0 Å². The number of hydrogen-bond acceptors (Lipinski definition) is 5. The molecule has 2 rings (SSSR count). The molecule has 1 aliphatic rings. The average molecular weight is 457 g/mol. The van der Waals surface area contributed by atoms with E-state index in [1.165, 1.54) is 9.80 Å². The molecule has 0 radical (unpaired) electrons. The van der Waals surface area contributed by atoms with Crippen molar-refractivity contribution in [3.63, 3.8) is 0 Å². The SMILES string of the molecule is CN1C(=O)N(CCCC(CSCCCOc2ccc(Cl)cc2)C(=O)O)C(=O)C1(C)C. The molecule has 0 aromatic heterocycles. The Morgan fingerprint density at radius 2 is 1.90 bits per heavy atom. The van der Waals surface area contributed by atoms with E-state index in [-0.39, 0.29) is 18.5 Å². The number of carbonyl (C=O) groups excluding carboxylic acids is 2. The Hall–Kier alpha value is -1.93. The number of likely N-dealkylation sites (N-methyl/N-ethyl adjacent to an activating group) is 1. The third kappa shape index (κ3) is 6.28. The lowest BCUT2D eigenvalue weighted by atomic mass is 10.0. The van der Waals surface area contributed by atoms with Crippen LogP contribution in [-0.4, -0.2) is 70.1 Å². The summed E-state index contributed by atoms with van der Waals surface area (Å²) in [5.74, 6) is 0.440. The molecule has 1 fully saturated rings. The van der Waals surface area contributed by atoms with Gasteiger partial charge in [0.1, 0.15) is 11.3 Å². The minimum Gasteiger partial charge on any atom is -0.494 e. The quantitative estimate of drug-likeness (QED) is 0.378. The van der Waals surface area contributed by atoms with Gasteiger partial charge in [0.05, 0.1) is 12.5 Å². The molecule has 0 spiro atoms. The van der Waals surface area contributed by atoms with E-state index < -0.39 is 17.4 Å². The maximum atomic E-state index is 12.4. The number of halogens is 1. The number of benzene rings is 1. The number of urea groups is 1.